The molecule has 0 bridgehead atoms. The van der Waals surface area contributed by atoms with Crippen LogP contribution in [0.5, 0.6) is 0 Å². The first-order valence-corrected chi connectivity index (χ1v) is 12.9. The standard InChI is InChI=1S/C28H33FN5O3/c1-26(2,3)20-12-21(17-6-8-19(29)9-7-17)30-33-15-22-25(36)32-11-10-31(16-28(32,5)34(22)23(20)33)24(35)18-13-27(4,37)14-18/h6-9,12,15,18,37H,10-11,13-14,16H2,1-5H3/q+1. The van der Waals surface area contributed by atoms with Crippen molar-refractivity contribution in [3.8, 4) is 11.3 Å². The highest BCUT2D eigenvalue weighted by molar-refractivity contribution is 5.93. The Kier molecular flexibility index (Phi) is 4.94. The summed E-state index contributed by atoms with van der Waals surface area (Å²) in [7, 11) is 0. The molecule has 2 fully saturated rings. The molecule has 2 aliphatic heterocycles. The second kappa shape index (κ2) is 7.60. The number of carbonyl (C=O) groups is 2. The van der Waals surface area contributed by atoms with Crippen LogP contribution in [-0.2, 0) is 15.9 Å². The number of carbonyl (C=O) groups excluding carboxylic acids is 2. The van der Waals surface area contributed by atoms with Gasteiger partial charge in [0.1, 0.15) is 11.5 Å². The summed E-state index contributed by atoms with van der Waals surface area (Å²) in [4.78, 5) is 30.6. The van der Waals surface area contributed by atoms with E-state index in [0.717, 1.165) is 16.8 Å². The first kappa shape index (κ1) is 24.0. The van der Waals surface area contributed by atoms with Crippen molar-refractivity contribution in [3.63, 3.8) is 0 Å². The van der Waals surface area contributed by atoms with Gasteiger partial charge in [-0.25, -0.2) is 4.39 Å². The zero-order chi connectivity index (χ0) is 26.5. The van der Waals surface area contributed by atoms with Crippen LogP contribution in [0.15, 0.2) is 36.5 Å². The minimum absolute atomic E-state index is 0.0465. The van der Waals surface area contributed by atoms with Gasteiger partial charge >= 0.3 is 11.6 Å². The van der Waals surface area contributed by atoms with Crippen molar-refractivity contribution in [3.05, 3.63) is 53.6 Å². The summed E-state index contributed by atoms with van der Waals surface area (Å²) in [5.41, 5.74) is 2.02. The van der Waals surface area contributed by atoms with Gasteiger partial charge in [-0.05, 0) is 55.5 Å². The zero-order valence-electron chi connectivity index (χ0n) is 22.0. The Bertz CT molecular complexity index is 1450. The maximum absolute atomic E-state index is 13.6. The Hall–Kier alpha value is -3.33. The molecule has 1 aromatic carbocycles. The molecule has 9 heteroatoms. The Balaban J connectivity index is 1.47. The molecule has 1 aliphatic carbocycles. The Morgan fingerprint density at radius 3 is 2.46 bits per heavy atom. The number of aliphatic hydroxyl groups is 1. The fourth-order valence-electron chi connectivity index (χ4n) is 6.33. The number of amides is 2. The fraction of sp³-hybridized carbons (Fsp3) is 0.500. The number of aromatic nitrogens is 3. The molecule has 0 spiro atoms. The molecule has 1 saturated heterocycles. The lowest BCUT2D eigenvalue weighted by Crippen LogP contribution is -2.70. The maximum Gasteiger partial charge on any atom is 0.313 e. The molecular weight excluding hydrogens is 473 g/mol. The number of piperazine rings is 1. The first-order valence-electron chi connectivity index (χ1n) is 12.9. The van der Waals surface area contributed by atoms with Crippen LogP contribution in [0.3, 0.4) is 0 Å². The van der Waals surface area contributed by atoms with E-state index < -0.39 is 11.3 Å². The monoisotopic (exact) mass is 506 g/mol. The number of nitrogens with zero attached hydrogens (tertiary/aromatic N) is 5. The Morgan fingerprint density at radius 1 is 1.16 bits per heavy atom. The van der Waals surface area contributed by atoms with Gasteiger partial charge in [-0.2, -0.15) is 4.57 Å². The molecule has 4 heterocycles. The number of hydrogen-bond acceptors (Lipinski definition) is 4. The molecule has 194 valence electrons. The minimum Gasteiger partial charge on any atom is -0.390 e. The molecule has 1 atom stereocenters. The van der Waals surface area contributed by atoms with Gasteiger partial charge in [0, 0.05) is 31.5 Å². The van der Waals surface area contributed by atoms with E-state index in [1.54, 1.807) is 29.8 Å². The molecule has 1 N–H and O–H groups in total. The van der Waals surface area contributed by atoms with Gasteiger partial charge in [-0.3, -0.25) is 14.5 Å². The average molecular weight is 507 g/mol. The van der Waals surface area contributed by atoms with E-state index in [1.807, 2.05) is 27.4 Å². The van der Waals surface area contributed by atoms with Crippen molar-refractivity contribution >= 4 is 17.5 Å². The van der Waals surface area contributed by atoms with Gasteiger partial charge in [0.15, 0.2) is 6.20 Å². The normalized spacial score (nSPS) is 27.3. The van der Waals surface area contributed by atoms with Crippen LogP contribution >= 0.6 is 0 Å². The van der Waals surface area contributed by atoms with Crippen molar-refractivity contribution in [2.24, 2.45) is 5.92 Å². The maximum atomic E-state index is 13.6. The van der Waals surface area contributed by atoms with Gasteiger partial charge in [0.25, 0.3) is 0 Å². The van der Waals surface area contributed by atoms with E-state index >= 15 is 0 Å². The topological polar surface area (TPSA) is 82.0 Å². The summed E-state index contributed by atoms with van der Waals surface area (Å²) in [5, 5.41) is 15.0. The molecule has 1 unspecified atom stereocenters. The number of fused-ring (bicyclic) bond motifs is 5. The number of hydrogen-bond donors (Lipinski definition) is 1. The number of imidazole rings is 1. The number of benzene rings is 1. The predicted octanol–water partition coefficient (Wildman–Crippen LogP) is 2.86. The van der Waals surface area contributed by atoms with E-state index in [9.17, 15) is 19.1 Å². The highest BCUT2D eigenvalue weighted by Crippen LogP contribution is 2.40. The van der Waals surface area contributed by atoms with E-state index in [-0.39, 0.29) is 29.0 Å². The van der Waals surface area contributed by atoms with Crippen molar-refractivity contribution in [2.75, 3.05) is 19.6 Å². The smallest absolute Gasteiger partial charge is 0.313 e. The van der Waals surface area contributed by atoms with Crippen LogP contribution in [0, 0.1) is 11.7 Å². The molecule has 3 aliphatic rings. The number of halogens is 1. The average Bonchev–Trinajstić information content (AvgIpc) is 3.29. The summed E-state index contributed by atoms with van der Waals surface area (Å²) in [6.45, 7) is 11.4. The highest BCUT2D eigenvalue weighted by Gasteiger charge is 2.58. The lowest BCUT2D eigenvalue weighted by atomic mass is 9.71. The van der Waals surface area contributed by atoms with Crippen molar-refractivity contribution in [1.29, 1.82) is 0 Å². The second-order valence-corrected chi connectivity index (χ2v) is 12.4. The van der Waals surface area contributed by atoms with Crippen molar-refractivity contribution in [2.45, 2.75) is 64.1 Å². The fourth-order valence-corrected chi connectivity index (χ4v) is 6.33. The van der Waals surface area contributed by atoms with Crippen molar-refractivity contribution < 1.29 is 23.7 Å². The molecule has 1 saturated carbocycles. The van der Waals surface area contributed by atoms with Crippen LogP contribution in [0.2, 0.25) is 0 Å². The molecule has 37 heavy (non-hydrogen) atoms. The zero-order valence-corrected chi connectivity index (χ0v) is 22.0. The Labute approximate surface area is 215 Å². The summed E-state index contributed by atoms with van der Waals surface area (Å²) in [5.74, 6) is -0.514. The van der Waals surface area contributed by atoms with Crippen LogP contribution in [0.25, 0.3) is 16.9 Å². The van der Waals surface area contributed by atoms with Crippen LogP contribution in [0.1, 0.15) is 63.5 Å². The Morgan fingerprint density at radius 2 is 1.84 bits per heavy atom. The summed E-state index contributed by atoms with van der Waals surface area (Å²) in [6.07, 6.45) is 2.72. The number of rotatable bonds is 2. The van der Waals surface area contributed by atoms with Gasteiger partial charge in [0.05, 0.1) is 17.7 Å². The molecule has 3 aromatic rings. The molecule has 6 rings (SSSR count). The lowest BCUT2D eigenvalue weighted by molar-refractivity contribution is -0.749. The lowest BCUT2D eigenvalue weighted by Gasteiger charge is -2.46. The molecule has 2 aromatic heterocycles. The van der Waals surface area contributed by atoms with Gasteiger partial charge in [-0.1, -0.05) is 30.4 Å². The van der Waals surface area contributed by atoms with Crippen LogP contribution in [-0.4, -0.2) is 61.6 Å². The van der Waals surface area contributed by atoms with Gasteiger partial charge in [0.2, 0.25) is 17.3 Å². The van der Waals surface area contributed by atoms with Gasteiger partial charge in [-0.15, -0.1) is 0 Å². The molecule has 2 amide bonds. The third-order valence-corrected chi connectivity index (χ3v) is 8.24. The van der Waals surface area contributed by atoms with E-state index in [2.05, 4.69) is 20.8 Å². The first-order chi connectivity index (χ1) is 17.3. The highest BCUT2D eigenvalue weighted by atomic mass is 19.1. The second-order valence-electron chi connectivity index (χ2n) is 12.4. The predicted molar refractivity (Wildman–Crippen MR) is 134 cm³/mol. The van der Waals surface area contributed by atoms with Gasteiger partial charge < -0.3 is 10.0 Å². The molecular formula is C28H33FN5O3+. The van der Waals surface area contributed by atoms with Crippen molar-refractivity contribution in [1.82, 2.24) is 19.4 Å². The third-order valence-electron chi connectivity index (χ3n) is 8.24. The van der Waals surface area contributed by atoms with E-state index in [0.29, 0.717) is 43.9 Å². The molecule has 0 radical (unpaired) electrons. The SMILES string of the molecule is CC1(O)CC(C(=O)N2CCN3C(=O)c4cn5nc(-c6ccc(F)cc6)cc(C(C)(C)C)c5[n+]4C3(C)C2)C1. The minimum atomic E-state index is -0.772. The summed E-state index contributed by atoms with van der Waals surface area (Å²) < 4.78 is 17.4. The van der Waals surface area contributed by atoms with E-state index in [4.69, 9.17) is 5.10 Å². The quantitative estimate of drug-likeness (QED) is 0.542. The molecule has 8 nitrogen and oxygen atoms in total. The van der Waals surface area contributed by atoms with E-state index in [1.165, 1.54) is 12.1 Å². The van der Waals surface area contributed by atoms with Crippen LogP contribution < -0.4 is 4.57 Å². The van der Waals surface area contributed by atoms with Crippen LogP contribution in [0.4, 0.5) is 4.39 Å². The summed E-state index contributed by atoms with van der Waals surface area (Å²) >= 11 is 0. The summed E-state index contributed by atoms with van der Waals surface area (Å²) in [6, 6.07) is 8.27. The largest absolute Gasteiger partial charge is 0.390 e. The third kappa shape index (κ3) is 3.58.